The van der Waals surface area contributed by atoms with Crippen LogP contribution in [0, 0.1) is 17.8 Å². The maximum absolute atomic E-state index is 10.9. The van der Waals surface area contributed by atoms with E-state index in [1.807, 2.05) is 0 Å². The molecule has 1 N–H and O–H groups in total. The van der Waals surface area contributed by atoms with Crippen LogP contribution < -0.4 is 0 Å². The Bertz CT molecular complexity index is 410. The van der Waals surface area contributed by atoms with E-state index in [1.165, 1.54) is 51.9 Å². The molecule has 3 rings (SSSR count). The van der Waals surface area contributed by atoms with Gasteiger partial charge in [-0.1, -0.05) is 13.8 Å². The summed E-state index contributed by atoms with van der Waals surface area (Å²) in [5, 5.41) is 9.00. The average Bonchev–Trinajstić information content (AvgIpc) is 2.49. The van der Waals surface area contributed by atoms with E-state index >= 15 is 0 Å². The van der Waals surface area contributed by atoms with Gasteiger partial charge in [0.15, 0.2) is 0 Å². The Morgan fingerprint density at radius 2 is 1.96 bits per heavy atom. The second-order valence-corrected chi connectivity index (χ2v) is 8.44. The molecule has 23 heavy (non-hydrogen) atoms. The highest BCUT2D eigenvalue weighted by molar-refractivity contribution is 5.66. The molecule has 4 atom stereocenters. The molecule has 132 valence electrons. The van der Waals surface area contributed by atoms with Gasteiger partial charge in [-0.05, 0) is 69.4 Å². The first-order chi connectivity index (χ1) is 11.1. The zero-order chi connectivity index (χ0) is 16.4. The van der Waals surface area contributed by atoms with Crippen molar-refractivity contribution in [2.75, 3.05) is 26.2 Å². The van der Waals surface area contributed by atoms with E-state index in [2.05, 4.69) is 23.6 Å². The van der Waals surface area contributed by atoms with Crippen LogP contribution in [0.25, 0.3) is 0 Å². The molecule has 0 aromatic carbocycles. The molecule has 0 amide bonds. The second-order valence-electron chi connectivity index (χ2n) is 8.44. The molecule has 0 spiro atoms. The molecule has 0 aromatic heterocycles. The van der Waals surface area contributed by atoms with Gasteiger partial charge >= 0.3 is 5.97 Å². The zero-order valence-corrected chi connectivity index (χ0v) is 14.9. The molecular weight excluding hydrogens is 288 g/mol. The highest BCUT2D eigenvalue weighted by atomic mass is 16.4. The molecule has 3 heterocycles. The SMILES string of the molecule is CC(C)CN1C[C@H]2CCCN3CCC[C@@H]([C@H]23)[C@H]1CCCC(=O)O. The van der Waals surface area contributed by atoms with Crippen LogP contribution >= 0.6 is 0 Å². The Morgan fingerprint density at radius 3 is 2.65 bits per heavy atom. The van der Waals surface area contributed by atoms with Crippen molar-refractivity contribution in [1.29, 1.82) is 0 Å². The fourth-order valence-corrected chi connectivity index (χ4v) is 5.62. The molecule has 0 aromatic rings. The van der Waals surface area contributed by atoms with E-state index in [-0.39, 0.29) is 0 Å². The van der Waals surface area contributed by atoms with Crippen LogP contribution in [-0.2, 0) is 4.79 Å². The average molecular weight is 322 g/mol. The van der Waals surface area contributed by atoms with E-state index in [0.717, 1.165) is 30.7 Å². The molecule has 3 saturated heterocycles. The summed E-state index contributed by atoms with van der Waals surface area (Å²) in [4.78, 5) is 16.4. The lowest BCUT2D eigenvalue weighted by atomic mass is 9.69. The van der Waals surface area contributed by atoms with Crippen molar-refractivity contribution < 1.29 is 9.90 Å². The Morgan fingerprint density at radius 1 is 1.22 bits per heavy atom. The van der Waals surface area contributed by atoms with E-state index in [9.17, 15) is 4.79 Å². The van der Waals surface area contributed by atoms with E-state index in [4.69, 9.17) is 5.11 Å². The van der Waals surface area contributed by atoms with Crippen molar-refractivity contribution in [3.05, 3.63) is 0 Å². The molecule has 0 radical (unpaired) electrons. The standard InChI is InChI=1S/C19H34N2O2/c1-14(2)12-21-13-15-6-4-10-20-11-5-7-16(19(15)20)17(21)8-3-9-18(22)23/h14-17,19H,3-13H2,1-2H3,(H,22,23)/t15-,16-,17-,19+/m1/s1. The summed E-state index contributed by atoms with van der Waals surface area (Å²) in [6, 6.07) is 1.40. The van der Waals surface area contributed by atoms with Crippen LogP contribution in [0.2, 0.25) is 0 Å². The molecule has 3 aliphatic heterocycles. The van der Waals surface area contributed by atoms with Gasteiger partial charge in [0.2, 0.25) is 0 Å². The van der Waals surface area contributed by atoms with Gasteiger partial charge in [0, 0.05) is 31.6 Å². The first kappa shape index (κ1) is 17.2. The lowest BCUT2D eigenvalue weighted by Crippen LogP contribution is -2.65. The van der Waals surface area contributed by atoms with Gasteiger partial charge in [-0.3, -0.25) is 14.6 Å². The predicted molar refractivity (Wildman–Crippen MR) is 92.5 cm³/mol. The van der Waals surface area contributed by atoms with Crippen molar-refractivity contribution in [3.63, 3.8) is 0 Å². The molecular formula is C19H34N2O2. The normalized spacial score (nSPS) is 35.3. The van der Waals surface area contributed by atoms with E-state index in [1.54, 1.807) is 0 Å². The quantitative estimate of drug-likeness (QED) is 0.816. The highest BCUT2D eigenvalue weighted by Gasteiger charge is 2.48. The van der Waals surface area contributed by atoms with Gasteiger partial charge in [0.25, 0.3) is 0 Å². The number of nitrogens with zero attached hydrogens (tertiary/aromatic N) is 2. The first-order valence-electron chi connectivity index (χ1n) is 9.76. The minimum atomic E-state index is -0.642. The first-order valence-corrected chi connectivity index (χ1v) is 9.76. The minimum absolute atomic E-state index is 0.330. The molecule has 4 heteroatoms. The summed E-state index contributed by atoms with van der Waals surface area (Å²) >= 11 is 0. The van der Waals surface area contributed by atoms with Crippen molar-refractivity contribution in [1.82, 2.24) is 9.80 Å². The number of carboxylic acid groups (broad SMARTS) is 1. The van der Waals surface area contributed by atoms with Crippen LogP contribution in [0.1, 0.15) is 58.8 Å². The number of likely N-dealkylation sites (tertiary alicyclic amines) is 1. The highest BCUT2D eigenvalue weighted by Crippen LogP contribution is 2.43. The summed E-state index contributed by atoms with van der Waals surface area (Å²) in [7, 11) is 0. The Kier molecular flexibility index (Phi) is 5.63. The van der Waals surface area contributed by atoms with Crippen LogP contribution in [0.5, 0.6) is 0 Å². The number of carbonyl (C=O) groups is 1. The van der Waals surface area contributed by atoms with Gasteiger partial charge in [0.1, 0.15) is 0 Å². The summed E-state index contributed by atoms with van der Waals surface area (Å²) < 4.78 is 0. The van der Waals surface area contributed by atoms with Crippen LogP contribution in [0.3, 0.4) is 0 Å². The van der Waals surface area contributed by atoms with Crippen LogP contribution in [0.15, 0.2) is 0 Å². The number of rotatable bonds is 6. The molecule has 0 unspecified atom stereocenters. The van der Waals surface area contributed by atoms with Crippen molar-refractivity contribution in [2.24, 2.45) is 17.8 Å². The van der Waals surface area contributed by atoms with Gasteiger partial charge in [-0.15, -0.1) is 0 Å². The number of hydrogen-bond donors (Lipinski definition) is 1. The van der Waals surface area contributed by atoms with Gasteiger partial charge in [-0.25, -0.2) is 0 Å². The second kappa shape index (κ2) is 7.52. The Labute approximate surface area is 141 Å². The smallest absolute Gasteiger partial charge is 0.303 e. The predicted octanol–water partition coefficient (Wildman–Crippen LogP) is 3.07. The summed E-state index contributed by atoms with van der Waals surface area (Å²) in [6.45, 7) is 9.64. The lowest BCUT2D eigenvalue weighted by molar-refractivity contribution is -0.137. The largest absolute Gasteiger partial charge is 0.481 e. The molecule has 4 nitrogen and oxygen atoms in total. The van der Waals surface area contributed by atoms with Crippen molar-refractivity contribution >= 4 is 5.97 Å². The minimum Gasteiger partial charge on any atom is -0.481 e. The summed E-state index contributed by atoms with van der Waals surface area (Å²) in [6.07, 6.45) is 7.68. The van der Waals surface area contributed by atoms with Crippen LogP contribution in [-0.4, -0.2) is 59.1 Å². The van der Waals surface area contributed by atoms with Gasteiger partial charge in [-0.2, -0.15) is 0 Å². The topological polar surface area (TPSA) is 43.8 Å². The number of hydrogen-bond acceptors (Lipinski definition) is 3. The van der Waals surface area contributed by atoms with E-state index in [0.29, 0.717) is 18.4 Å². The maximum Gasteiger partial charge on any atom is 0.303 e. The summed E-state index contributed by atoms with van der Waals surface area (Å²) in [5.74, 6) is 1.67. The third-order valence-electron chi connectivity index (χ3n) is 6.27. The third-order valence-corrected chi connectivity index (χ3v) is 6.27. The van der Waals surface area contributed by atoms with Crippen LogP contribution in [0.4, 0.5) is 0 Å². The van der Waals surface area contributed by atoms with Crippen molar-refractivity contribution in [2.45, 2.75) is 70.9 Å². The Balaban J connectivity index is 1.74. The fraction of sp³-hybridized carbons (Fsp3) is 0.947. The summed E-state index contributed by atoms with van der Waals surface area (Å²) in [5.41, 5.74) is 0. The van der Waals surface area contributed by atoms with Gasteiger partial charge in [0.05, 0.1) is 0 Å². The van der Waals surface area contributed by atoms with Crippen molar-refractivity contribution in [3.8, 4) is 0 Å². The number of carboxylic acids is 1. The van der Waals surface area contributed by atoms with Gasteiger partial charge < -0.3 is 5.11 Å². The Hall–Kier alpha value is -0.610. The number of aliphatic carboxylic acids is 1. The maximum atomic E-state index is 10.9. The fourth-order valence-electron chi connectivity index (χ4n) is 5.62. The molecule has 0 saturated carbocycles. The third kappa shape index (κ3) is 3.90. The molecule has 0 aliphatic carbocycles. The lowest BCUT2D eigenvalue weighted by Gasteiger charge is -2.58. The van der Waals surface area contributed by atoms with E-state index < -0.39 is 5.97 Å². The molecule has 3 fully saturated rings. The molecule has 3 aliphatic rings. The zero-order valence-electron chi connectivity index (χ0n) is 14.9. The number of piperidine rings is 3. The molecule has 0 bridgehead atoms. The monoisotopic (exact) mass is 322 g/mol.